The lowest BCUT2D eigenvalue weighted by Crippen LogP contribution is -2.49. The van der Waals surface area contributed by atoms with Gasteiger partial charge in [0.1, 0.15) is 5.69 Å². The van der Waals surface area contributed by atoms with Crippen LogP contribution in [0.15, 0.2) is 60.4 Å². The minimum atomic E-state index is 0.149. The number of fused-ring (bicyclic) bond motifs is 3. The van der Waals surface area contributed by atoms with E-state index in [0.717, 1.165) is 25.3 Å². The fraction of sp³-hybridized carbons (Fsp3) is 0.300. The Morgan fingerprint density at radius 3 is 2.69 bits per heavy atom. The minimum Gasteiger partial charge on any atom is -0.337 e. The van der Waals surface area contributed by atoms with Crippen LogP contribution < -0.4 is 0 Å². The molecule has 5 nitrogen and oxygen atoms in total. The molecular formula is C20H20N4OS. The van der Waals surface area contributed by atoms with Crippen LogP contribution in [-0.2, 0) is 13.1 Å². The van der Waals surface area contributed by atoms with Gasteiger partial charge in [-0.2, -0.15) is 0 Å². The second-order valence-electron chi connectivity index (χ2n) is 7.00. The molecule has 2 atom stereocenters. The molecule has 2 aliphatic heterocycles. The molecule has 5 heterocycles. The van der Waals surface area contributed by atoms with E-state index < -0.39 is 0 Å². The van der Waals surface area contributed by atoms with Gasteiger partial charge in [0.15, 0.2) is 0 Å². The highest BCUT2D eigenvalue weighted by molar-refractivity contribution is 7.09. The van der Waals surface area contributed by atoms with Gasteiger partial charge in [0.2, 0.25) is 0 Å². The van der Waals surface area contributed by atoms with Crippen molar-refractivity contribution in [2.24, 2.45) is 0 Å². The van der Waals surface area contributed by atoms with Gasteiger partial charge >= 0.3 is 0 Å². The van der Waals surface area contributed by atoms with Crippen molar-refractivity contribution in [3.8, 4) is 0 Å². The van der Waals surface area contributed by atoms with Gasteiger partial charge in [-0.15, -0.1) is 11.3 Å². The summed E-state index contributed by atoms with van der Waals surface area (Å²) < 4.78 is 2.18. The van der Waals surface area contributed by atoms with E-state index in [1.165, 1.54) is 10.4 Å². The third kappa shape index (κ3) is 2.66. The van der Waals surface area contributed by atoms with Crippen LogP contribution in [0.3, 0.4) is 0 Å². The second-order valence-corrected chi connectivity index (χ2v) is 8.03. The third-order valence-corrected chi connectivity index (χ3v) is 6.27. The van der Waals surface area contributed by atoms with E-state index in [4.69, 9.17) is 0 Å². The van der Waals surface area contributed by atoms with Crippen LogP contribution in [0.4, 0.5) is 0 Å². The quantitative estimate of drug-likeness (QED) is 0.715. The van der Waals surface area contributed by atoms with Crippen LogP contribution in [-0.4, -0.2) is 44.4 Å². The first-order valence-corrected chi connectivity index (χ1v) is 9.79. The maximum absolute atomic E-state index is 13.1. The lowest BCUT2D eigenvalue weighted by molar-refractivity contribution is 0.0559. The van der Waals surface area contributed by atoms with Gasteiger partial charge < -0.3 is 9.47 Å². The molecule has 0 spiro atoms. The molecule has 3 aromatic rings. The summed E-state index contributed by atoms with van der Waals surface area (Å²) in [7, 11) is 0. The largest absolute Gasteiger partial charge is 0.337 e. The van der Waals surface area contributed by atoms with Crippen molar-refractivity contribution >= 4 is 17.2 Å². The summed E-state index contributed by atoms with van der Waals surface area (Å²) in [6.07, 6.45) is 5.74. The summed E-state index contributed by atoms with van der Waals surface area (Å²) >= 11 is 1.72. The van der Waals surface area contributed by atoms with Gasteiger partial charge in [0.25, 0.3) is 5.91 Å². The number of hydrogen-bond donors (Lipinski definition) is 0. The van der Waals surface area contributed by atoms with E-state index in [2.05, 4.69) is 55.2 Å². The molecule has 1 fully saturated rings. The highest BCUT2D eigenvalue weighted by Gasteiger charge is 2.44. The summed E-state index contributed by atoms with van der Waals surface area (Å²) in [6.45, 7) is 3.46. The highest BCUT2D eigenvalue weighted by atomic mass is 32.1. The van der Waals surface area contributed by atoms with Crippen molar-refractivity contribution in [1.29, 1.82) is 0 Å². The van der Waals surface area contributed by atoms with Gasteiger partial charge in [-0.05, 0) is 41.3 Å². The summed E-state index contributed by atoms with van der Waals surface area (Å²) in [5, 5.41) is 2.08. The smallest absolute Gasteiger partial charge is 0.271 e. The van der Waals surface area contributed by atoms with Crippen molar-refractivity contribution in [1.82, 2.24) is 19.4 Å². The van der Waals surface area contributed by atoms with Gasteiger partial charge in [0, 0.05) is 43.1 Å². The van der Waals surface area contributed by atoms with Gasteiger partial charge in [-0.25, -0.2) is 0 Å². The molecule has 0 N–H and O–H groups in total. The average molecular weight is 364 g/mol. The fourth-order valence-corrected chi connectivity index (χ4v) is 4.93. The number of pyridine rings is 1. The summed E-state index contributed by atoms with van der Waals surface area (Å²) in [5.74, 6) is 0.149. The first-order valence-electron chi connectivity index (χ1n) is 8.91. The molecule has 0 aliphatic carbocycles. The zero-order valence-electron chi connectivity index (χ0n) is 14.4. The Morgan fingerprint density at radius 2 is 1.88 bits per heavy atom. The van der Waals surface area contributed by atoms with Gasteiger partial charge in [-0.1, -0.05) is 6.07 Å². The Bertz CT molecular complexity index is 905. The Hall–Kier alpha value is -2.44. The molecule has 0 saturated carbocycles. The number of likely N-dealkylation sites (tertiary alicyclic amines) is 1. The first-order chi connectivity index (χ1) is 12.8. The van der Waals surface area contributed by atoms with E-state index >= 15 is 0 Å². The number of carbonyl (C=O) groups excluding carboxylic acids is 1. The van der Waals surface area contributed by atoms with Crippen molar-refractivity contribution in [3.63, 3.8) is 0 Å². The van der Waals surface area contributed by atoms with E-state index in [9.17, 15) is 4.79 Å². The number of nitrogens with zero attached hydrogens (tertiary/aromatic N) is 4. The maximum Gasteiger partial charge on any atom is 0.271 e. The molecule has 6 heteroatoms. The zero-order valence-corrected chi connectivity index (χ0v) is 15.2. The van der Waals surface area contributed by atoms with Crippen molar-refractivity contribution in [2.75, 3.05) is 13.1 Å². The highest BCUT2D eigenvalue weighted by Crippen LogP contribution is 2.35. The number of rotatable bonds is 4. The molecule has 5 rings (SSSR count). The monoisotopic (exact) mass is 364 g/mol. The topological polar surface area (TPSA) is 41.4 Å². The van der Waals surface area contributed by atoms with Gasteiger partial charge in [0.05, 0.1) is 18.6 Å². The predicted molar refractivity (Wildman–Crippen MR) is 101 cm³/mol. The Morgan fingerprint density at radius 1 is 1.04 bits per heavy atom. The molecule has 0 aromatic carbocycles. The normalized spacial score (nSPS) is 22.5. The summed E-state index contributed by atoms with van der Waals surface area (Å²) in [6, 6.07) is 12.8. The number of thiophene rings is 1. The first kappa shape index (κ1) is 15.8. The van der Waals surface area contributed by atoms with Crippen LogP contribution in [0.5, 0.6) is 0 Å². The minimum absolute atomic E-state index is 0.149. The van der Waals surface area contributed by atoms with Crippen molar-refractivity contribution in [2.45, 2.75) is 25.2 Å². The van der Waals surface area contributed by atoms with Crippen molar-refractivity contribution < 1.29 is 4.79 Å². The molecule has 0 unspecified atom stereocenters. The SMILES string of the molecule is O=C1c2cccn2[C@@H]2CN(Cc3ccncc3)C[C@@H]2N1Cc1cccs1. The maximum atomic E-state index is 13.1. The lowest BCUT2D eigenvalue weighted by Gasteiger charge is -2.38. The standard InChI is InChI=1S/C20H20N4OS/c25-20-17-4-1-9-23(17)18-13-22(11-15-5-7-21-8-6-15)14-19(18)24(20)12-16-3-2-10-26-16/h1-10,18-19H,11-14H2/t18-,19+/m1/s1. The van der Waals surface area contributed by atoms with E-state index in [1.54, 1.807) is 11.3 Å². The average Bonchev–Trinajstić information content (AvgIpc) is 3.39. The van der Waals surface area contributed by atoms with E-state index in [-0.39, 0.29) is 11.9 Å². The van der Waals surface area contributed by atoms with Crippen LogP contribution in [0, 0.1) is 0 Å². The predicted octanol–water partition coefficient (Wildman–Crippen LogP) is 3.03. The Balaban J connectivity index is 1.44. The number of aromatic nitrogens is 2. The number of hydrogen-bond acceptors (Lipinski definition) is 4. The van der Waals surface area contributed by atoms with Crippen LogP contribution >= 0.6 is 11.3 Å². The molecule has 0 bridgehead atoms. The fourth-order valence-electron chi connectivity index (χ4n) is 4.22. The Kier molecular flexibility index (Phi) is 3.87. The van der Waals surface area contributed by atoms with Gasteiger partial charge in [-0.3, -0.25) is 14.7 Å². The molecular weight excluding hydrogens is 344 g/mol. The second kappa shape index (κ2) is 6.37. The molecule has 132 valence electrons. The molecule has 3 aromatic heterocycles. The molecule has 1 amide bonds. The zero-order chi connectivity index (χ0) is 17.5. The van der Waals surface area contributed by atoms with Crippen LogP contribution in [0.2, 0.25) is 0 Å². The number of carbonyl (C=O) groups is 1. The van der Waals surface area contributed by atoms with E-state index in [1.807, 2.05) is 24.5 Å². The van der Waals surface area contributed by atoms with Crippen LogP contribution in [0.25, 0.3) is 0 Å². The Labute approximate surface area is 156 Å². The van der Waals surface area contributed by atoms with E-state index in [0.29, 0.717) is 12.6 Å². The molecule has 2 aliphatic rings. The summed E-state index contributed by atoms with van der Waals surface area (Å²) in [4.78, 5) is 23.0. The third-order valence-electron chi connectivity index (χ3n) is 5.41. The lowest BCUT2D eigenvalue weighted by atomic mass is 10.1. The molecule has 1 saturated heterocycles. The van der Waals surface area contributed by atoms with Crippen LogP contribution in [0.1, 0.15) is 27.0 Å². The summed E-state index contributed by atoms with van der Waals surface area (Å²) in [5.41, 5.74) is 2.08. The molecule has 26 heavy (non-hydrogen) atoms. The van der Waals surface area contributed by atoms with Crippen molar-refractivity contribution in [3.05, 3.63) is 76.5 Å². The molecule has 0 radical (unpaired) electrons. The number of amides is 1.